The zero-order valence-corrected chi connectivity index (χ0v) is 15.3. The Labute approximate surface area is 145 Å². The topological polar surface area (TPSA) is 39.1 Å². The van der Waals surface area contributed by atoms with Crippen LogP contribution in [0.15, 0.2) is 30.3 Å². The highest BCUT2D eigenvalue weighted by atomic mass is 35.5. The molecule has 0 radical (unpaired) electrons. The number of nitrogens with zero attached hydrogens (tertiary/aromatic N) is 2. The molecule has 0 spiro atoms. The summed E-state index contributed by atoms with van der Waals surface area (Å²) in [5.74, 6) is 2.32. The second-order valence-electron chi connectivity index (χ2n) is 6.01. The molecule has 0 aliphatic carbocycles. The van der Waals surface area contributed by atoms with Crippen LogP contribution in [-0.4, -0.2) is 16.8 Å². The summed E-state index contributed by atoms with van der Waals surface area (Å²) in [6.07, 6.45) is 2.13. The Morgan fingerprint density at radius 2 is 1.91 bits per heavy atom. The van der Waals surface area contributed by atoms with Crippen LogP contribution in [0.1, 0.15) is 38.4 Å². The molecule has 1 aromatic carbocycles. The molecular weight excluding hydrogens is 310 g/mol. The molecule has 1 aromatic heterocycles. The smallest absolute Gasteiger partial charge is 0.218 e. The normalized spacial score (nSPS) is 10.7. The van der Waals surface area contributed by atoms with Crippen molar-refractivity contribution < 1.29 is 4.74 Å². The summed E-state index contributed by atoms with van der Waals surface area (Å²) in [6.45, 7) is 8.23. The Hall–Kier alpha value is -1.52. The fourth-order valence-electron chi connectivity index (χ4n) is 2.25. The number of rotatable bonds is 8. The molecule has 2 aromatic rings. The van der Waals surface area contributed by atoms with Crippen LogP contribution in [0.25, 0.3) is 0 Å². The molecule has 0 atom stereocenters. The number of hydrogen-bond acceptors (Lipinski definition) is 3. The van der Waals surface area contributed by atoms with Crippen LogP contribution >= 0.6 is 12.4 Å². The number of nitrogens with one attached hydrogen (secondary N) is 1. The molecule has 0 saturated heterocycles. The molecule has 2 rings (SSSR count). The largest absolute Gasteiger partial charge is 0.439 e. The van der Waals surface area contributed by atoms with Crippen molar-refractivity contribution in [2.75, 3.05) is 7.05 Å². The second kappa shape index (κ2) is 9.58. The van der Waals surface area contributed by atoms with E-state index in [0.29, 0.717) is 5.92 Å². The van der Waals surface area contributed by atoms with Gasteiger partial charge in [-0.25, -0.2) is 4.68 Å². The Morgan fingerprint density at radius 1 is 1.22 bits per heavy atom. The first-order valence-electron chi connectivity index (χ1n) is 8.10. The zero-order chi connectivity index (χ0) is 15.9. The molecule has 1 N–H and O–H groups in total. The first-order chi connectivity index (χ1) is 10.6. The first kappa shape index (κ1) is 19.5. The third-order valence-electron chi connectivity index (χ3n) is 3.62. The molecule has 128 valence electrons. The molecular formula is C18H28ClN3O. The minimum Gasteiger partial charge on any atom is -0.439 e. The summed E-state index contributed by atoms with van der Waals surface area (Å²) in [5.41, 5.74) is 2.32. The lowest BCUT2D eigenvalue weighted by molar-refractivity contribution is 0.390. The Morgan fingerprint density at radius 3 is 2.48 bits per heavy atom. The molecule has 0 aliphatic rings. The number of aryl methyl sites for hydroxylation is 2. The van der Waals surface area contributed by atoms with Gasteiger partial charge in [0.05, 0.1) is 5.69 Å². The van der Waals surface area contributed by atoms with Crippen LogP contribution in [0.2, 0.25) is 0 Å². The quantitative estimate of drug-likeness (QED) is 0.774. The van der Waals surface area contributed by atoms with Gasteiger partial charge in [-0.3, -0.25) is 0 Å². The van der Waals surface area contributed by atoms with Crippen molar-refractivity contribution in [3.8, 4) is 11.6 Å². The van der Waals surface area contributed by atoms with Crippen LogP contribution in [0.3, 0.4) is 0 Å². The highest BCUT2D eigenvalue weighted by Crippen LogP contribution is 2.24. The van der Waals surface area contributed by atoms with Gasteiger partial charge >= 0.3 is 0 Å². The standard InChI is InChI=1S/C18H27N3O.ClH/c1-5-15-6-8-17(9-7-15)22-18-12-16(13-19-4)20-21(18)11-10-14(2)3;/h6-9,12,14,19H,5,10-11,13H2,1-4H3;1H. The van der Waals surface area contributed by atoms with Crippen LogP contribution in [0, 0.1) is 5.92 Å². The van der Waals surface area contributed by atoms with Crippen molar-refractivity contribution in [1.29, 1.82) is 0 Å². The predicted molar refractivity (Wildman–Crippen MR) is 97.6 cm³/mol. The number of aromatic nitrogens is 2. The van der Waals surface area contributed by atoms with E-state index in [-0.39, 0.29) is 12.4 Å². The zero-order valence-electron chi connectivity index (χ0n) is 14.5. The van der Waals surface area contributed by atoms with Gasteiger partial charge in [0.2, 0.25) is 5.88 Å². The molecule has 23 heavy (non-hydrogen) atoms. The molecule has 0 saturated carbocycles. The predicted octanol–water partition coefficient (Wildman–Crippen LogP) is 4.43. The third-order valence-corrected chi connectivity index (χ3v) is 3.62. The average Bonchev–Trinajstić information content (AvgIpc) is 2.88. The summed E-state index contributed by atoms with van der Waals surface area (Å²) in [4.78, 5) is 0. The van der Waals surface area contributed by atoms with E-state index in [2.05, 4.69) is 43.3 Å². The van der Waals surface area contributed by atoms with Crippen molar-refractivity contribution in [3.05, 3.63) is 41.6 Å². The Kier molecular flexibility index (Phi) is 8.13. The van der Waals surface area contributed by atoms with Crippen molar-refractivity contribution in [2.24, 2.45) is 5.92 Å². The molecule has 0 bridgehead atoms. The summed E-state index contributed by atoms with van der Waals surface area (Å²) < 4.78 is 8.01. The molecule has 0 unspecified atom stereocenters. The van der Waals surface area contributed by atoms with Gasteiger partial charge in [-0.05, 0) is 43.5 Å². The van der Waals surface area contributed by atoms with Crippen LogP contribution in [-0.2, 0) is 19.5 Å². The fraction of sp³-hybridized carbons (Fsp3) is 0.500. The van der Waals surface area contributed by atoms with E-state index in [1.165, 1.54) is 5.56 Å². The Bertz CT molecular complexity index is 578. The van der Waals surface area contributed by atoms with E-state index < -0.39 is 0 Å². The van der Waals surface area contributed by atoms with E-state index in [4.69, 9.17) is 4.74 Å². The number of hydrogen-bond donors (Lipinski definition) is 1. The molecule has 0 amide bonds. The maximum atomic E-state index is 6.04. The molecule has 4 nitrogen and oxygen atoms in total. The minimum absolute atomic E-state index is 0. The van der Waals surface area contributed by atoms with Crippen molar-refractivity contribution >= 4 is 12.4 Å². The van der Waals surface area contributed by atoms with Gasteiger partial charge in [0.25, 0.3) is 0 Å². The van der Waals surface area contributed by atoms with E-state index in [1.807, 2.05) is 29.9 Å². The highest BCUT2D eigenvalue weighted by molar-refractivity contribution is 5.85. The van der Waals surface area contributed by atoms with Gasteiger partial charge in [0, 0.05) is 19.2 Å². The minimum atomic E-state index is 0. The lowest BCUT2D eigenvalue weighted by atomic mass is 10.1. The van der Waals surface area contributed by atoms with Crippen LogP contribution in [0.5, 0.6) is 11.6 Å². The van der Waals surface area contributed by atoms with E-state index in [0.717, 1.165) is 43.3 Å². The van der Waals surface area contributed by atoms with Gasteiger partial charge < -0.3 is 10.1 Å². The maximum absolute atomic E-state index is 6.04. The lowest BCUT2D eigenvalue weighted by Crippen LogP contribution is -2.08. The van der Waals surface area contributed by atoms with Crippen LogP contribution < -0.4 is 10.1 Å². The monoisotopic (exact) mass is 337 g/mol. The van der Waals surface area contributed by atoms with Gasteiger partial charge in [-0.15, -0.1) is 12.4 Å². The van der Waals surface area contributed by atoms with Gasteiger partial charge in [-0.1, -0.05) is 32.9 Å². The van der Waals surface area contributed by atoms with Gasteiger partial charge in [0.15, 0.2) is 0 Å². The summed E-state index contributed by atoms with van der Waals surface area (Å²) in [6, 6.07) is 10.3. The molecule has 1 heterocycles. The number of benzene rings is 1. The second-order valence-corrected chi connectivity index (χ2v) is 6.01. The van der Waals surface area contributed by atoms with E-state index >= 15 is 0 Å². The highest BCUT2D eigenvalue weighted by Gasteiger charge is 2.10. The van der Waals surface area contributed by atoms with Gasteiger partial charge in [0.1, 0.15) is 5.75 Å². The average molecular weight is 338 g/mol. The summed E-state index contributed by atoms with van der Waals surface area (Å²) >= 11 is 0. The maximum Gasteiger partial charge on any atom is 0.218 e. The van der Waals surface area contributed by atoms with E-state index in [9.17, 15) is 0 Å². The van der Waals surface area contributed by atoms with Gasteiger partial charge in [-0.2, -0.15) is 5.10 Å². The molecule has 5 heteroatoms. The summed E-state index contributed by atoms with van der Waals surface area (Å²) in [7, 11) is 1.93. The van der Waals surface area contributed by atoms with Crippen molar-refractivity contribution in [2.45, 2.75) is 46.7 Å². The van der Waals surface area contributed by atoms with Crippen LogP contribution in [0.4, 0.5) is 0 Å². The SMILES string of the molecule is CCc1ccc(Oc2cc(CNC)nn2CCC(C)C)cc1.Cl. The van der Waals surface area contributed by atoms with E-state index in [1.54, 1.807) is 0 Å². The van der Waals surface area contributed by atoms with Crippen molar-refractivity contribution in [1.82, 2.24) is 15.1 Å². The third kappa shape index (κ3) is 5.88. The summed E-state index contributed by atoms with van der Waals surface area (Å²) in [5, 5.41) is 7.77. The van der Waals surface area contributed by atoms with Crippen molar-refractivity contribution in [3.63, 3.8) is 0 Å². The fourth-order valence-corrected chi connectivity index (χ4v) is 2.25. The Balaban J connectivity index is 0.00000264. The lowest BCUT2D eigenvalue weighted by Gasteiger charge is -2.10. The number of ether oxygens (including phenoxy) is 1. The first-order valence-corrected chi connectivity index (χ1v) is 8.10. The molecule has 0 fully saturated rings. The number of halogens is 1. The molecule has 0 aliphatic heterocycles.